The minimum Gasteiger partial charge on any atom is -0.393 e. The maximum atomic E-state index is 5.77. The van der Waals surface area contributed by atoms with Crippen molar-refractivity contribution in [2.75, 3.05) is 6.54 Å². The summed E-state index contributed by atoms with van der Waals surface area (Å²) in [4.78, 5) is 3.07. The molecule has 3 heteroatoms. The maximum Gasteiger partial charge on any atom is 0.0746 e. The molecule has 1 rings (SSSR count). The van der Waals surface area contributed by atoms with Crippen LogP contribution in [0.25, 0.3) is 0 Å². The molecule has 1 aromatic carbocycles. The zero-order valence-corrected chi connectivity index (χ0v) is 12.4. The van der Waals surface area contributed by atoms with Crippen LogP contribution in [-0.2, 0) is 0 Å². The number of hydrogen-bond acceptors (Lipinski definition) is 2. The molecule has 0 radical (unpaired) electrons. The molecule has 2 N–H and O–H groups in total. The largest absolute Gasteiger partial charge is 0.393 e. The van der Waals surface area contributed by atoms with Gasteiger partial charge < -0.3 is 5.73 Å². The molecule has 1 aromatic rings. The number of rotatable bonds is 7. The highest BCUT2D eigenvalue weighted by atomic mass is 32.1. The molecule has 100 valence electrons. The van der Waals surface area contributed by atoms with Crippen molar-refractivity contribution in [2.24, 2.45) is 5.73 Å². The molecule has 0 spiro atoms. The van der Waals surface area contributed by atoms with Crippen LogP contribution in [0.5, 0.6) is 0 Å². The van der Waals surface area contributed by atoms with Crippen molar-refractivity contribution in [3.05, 3.63) is 35.9 Å². The third kappa shape index (κ3) is 4.39. The van der Waals surface area contributed by atoms with Gasteiger partial charge >= 0.3 is 0 Å². The lowest BCUT2D eigenvalue weighted by Crippen LogP contribution is -2.37. The fourth-order valence-electron chi connectivity index (χ4n) is 2.32. The lowest BCUT2D eigenvalue weighted by atomic mass is 10.00. The molecule has 0 aliphatic carbocycles. The standard InChI is InChI=1S/C15H24N2S/c1-4-10-17(12(2)3)14(11-15(16)18)13-8-6-5-7-9-13/h5-9,12,14H,4,10-11H2,1-3H3,(H2,16,18). The van der Waals surface area contributed by atoms with Crippen molar-refractivity contribution >= 4 is 17.2 Å². The molecular weight excluding hydrogens is 240 g/mol. The summed E-state index contributed by atoms with van der Waals surface area (Å²) in [5.41, 5.74) is 7.07. The minimum atomic E-state index is 0.295. The van der Waals surface area contributed by atoms with E-state index in [4.69, 9.17) is 18.0 Å². The van der Waals surface area contributed by atoms with Crippen molar-refractivity contribution < 1.29 is 0 Å². The molecule has 0 heterocycles. The Morgan fingerprint density at radius 1 is 1.28 bits per heavy atom. The van der Waals surface area contributed by atoms with E-state index in [0.29, 0.717) is 17.1 Å². The Morgan fingerprint density at radius 2 is 1.89 bits per heavy atom. The molecule has 1 unspecified atom stereocenters. The van der Waals surface area contributed by atoms with Crippen LogP contribution in [0.3, 0.4) is 0 Å². The molecule has 0 aromatic heterocycles. The first-order valence-corrected chi connectivity index (χ1v) is 7.06. The van der Waals surface area contributed by atoms with Crippen molar-refractivity contribution in [1.82, 2.24) is 4.90 Å². The van der Waals surface area contributed by atoms with Crippen LogP contribution in [0.15, 0.2) is 30.3 Å². The normalized spacial score (nSPS) is 12.9. The molecule has 0 aliphatic rings. The molecule has 18 heavy (non-hydrogen) atoms. The minimum absolute atomic E-state index is 0.295. The molecule has 0 fully saturated rings. The van der Waals surface area contributed by atoms with Gasteiger partial charge in [0.05, 0.1) is 4.99 Å². The van der Waals surface area contributed by atoms with Gasteiger partial charge in [-0.3, -0.25) is 4.90 Å². The van der Waals surface area contributed by atoms with Crippen molar-refractivity contribution in [2.45, 2.75) is 45.7 Å². The predicted molar refractivity (Wildman–Crippen MR) is 82.7 cm³/mol. The average Bonchev–Trinajstić information content (AvgIpc) is 2.34. The molecule has 0 aliphatic heterocycles. The van der Waals surface area contributed by atoms with E-state index in [0.717, 1.165) is 19.4 Å². The predicted octanol–water partition coefficient (Wildman–Crippen LogP) is 3.52. The van der Waals surface area contributed by atoms with Gasteiger partial charge in [0.15, 0.2) is 0 Å². The van der Waals surface area contributed by atoms with Crippen LogP contribution in [0.4, 0.5) is 0 Å². The highest BCUT2D eigenvalue weighted by Gasteiger charge is 2.22. The van der Waals surface area contributed by atoms with E-state index in [-0.39, 0.29) is 0 Å². The molecule has 2 nitrogen and oxygen atoms in total. The van der Waals surface area contributed by atoms with Crippen LogP contribution < -0.4 is 5.73 Å². The van der Waals surface area contributed by atoms with E-state index >= 15 is 0 Å². The summed E-state index contributed by atoms with van der Waals surface area (Å²) in [7, 11) is 0. The summed E-state index contributed by atoms with van der Waals surface area (Å²) < 4.78 is 0. The van der Waals surface area contributed by atoms with Crippen LogP contribution in [0.2, 0.25) is 0 Å². The second-order valence-electron chi connectivity index (χ2n) is 4.93. The van der Waals surface area contributed by atoms with Gasteiger partial charge in [-0.05, 0) is 32.4 Å². The van der Waals surface area contributed by atoms with Crippen LogP contribution in [-0.4, -0.2) is 22.5 Å². The van der Waals surface area contributed by atoms with E-state index < -0.39 is 0 Å². The second-order valence-corrected chi connectivity index (χ2v) is 5.45. The topological polar surface area (TPSA) is 29.3 Å². The average molecular weight is 264 g/mol. The second kappa shape index (κ2) is 7.49. The fraction of sp³-hybridized carbons (Fsp3) is 0.533. The summed E-state index contributed by atoms with van der Waals surface area (Å²) in [6.45, 7) is 7.73. The molecule has 0 saturated heterocycles. The Morgan fingerprint density at radius 3 is 2.33 bits per heavy atom. The molecule has 0 saturated carbocycles. The zero-order valence-electron chi connectivity index (χ0n) is 11.6. The Bertz CT molecular complexity index is 362. The molecule has 1 atom stereocenters. The summed E-state index contributed by atoms with van der Waals surface area (Å²) >= 11 is 5.11. The molecule has 0 bridgehead atoms. The fourth-order valence-corrected chi connectivity index (χ4v) is 2.48. The van der Waals surface area contributed by atoms with Crippen molar-refractivity contribution in [1.29, 1.82) is 0 Å². The van der Waals surface area contributed by atoms with Gasteiger partial charge in [-0.2, -0.15) is 0 Å². The van der Waals surface area contributed by atoms with Gasteiger partial charge in [-0.1, -0.05) is 49.5 Å². The van der Waals surface area contributed by atoms with Crippen molar-refractivity contribution in [3.63, 3.8) is 0 Å². The molecular formula is C15H24N2S. The highest BCUT2D eigenvalue weighted by molar-refractivity contribution is 7.80. The number of benzene rings is 1. The van der Waals surface area contributed by atoms with Gasteiger partial charge in [0.2, 0.25) is 0 Å². The summed E-state index contributed by atoms with van der Waals surface area (Å²) in [6, 6.07) is 11.3. The third-order valence-corrected chi connectivity index (χ3v) is 3.29. The van der Waals surface area contributed by atoms with Gasteiger partial charge in [0, 0.05) is 18.5 Å². The first-order chi connectivity index (χ1) is 8.56. The lowest BCUT2D eigenvalue weighted by molar-refractivity contribution is 0.157. The Labute approximate surface area is 116 Å². The first kappa shape index (κ1) is 15.1. The SMILES string of the molecule is CCCN(C(C)C)C(CC(N)=S)c1ccccc1. The highest BCUT2D eigenvalue weighted by Crippen LogP contribution is 2.26. The van der Waals surface area contributed by atoms with Crippen LogP contribution in [0.1, 0.15) is 45.2 Å². The maximum absolute atomic E-state index is 5.77. The zero-order chi connectivity index (χ0) is 13.5. The Balaban J connectivity index is 2.99. The number of nitrogens with two attached hydrogens (primary N) is 1. The summed E-state index contributed by atoms with van der Waals surface area (Å²) in [5, 5.41) is 0. The monoisotopic (exact) mass is 264 g/mol. The summed E-state index contributed by atoms with van der Waals surface area (Å²) in [6.07, 6.45) is 1.89. The summed E-state index contributed by atoms with van der Waals surface area (Å²) in [5.74, 6) is 0. The Hall–Kier alpha value is -0.930. The van der Waals surface area contributed by atoms with Gasteiger partial charge in [-0.15, -0.1) is 0 Å². The van der Waals surface area contributed by atoms with Gasteiger partial charge in [-0.25, -0.2) is 0 Å². The van der Waals surface area contributed by atoms with Gasteiger partial charge in [0.1, 0.15) is 0 Å². The smallest absolute Gasteiger partial charge is 0.0746 e. The van der Waals surface area contributed by atoms with E-state index in [1.807, 2.05) is 6.07 Å². The number of hydrogen-bond donors (Lipinski definition) is 1. The Kier molecular flexibility index (Phi) is 6.30. The number of nitrogens with zero attached hydrogens (tertiary/aromatic N) is 1. The van der Waals surface area contributed by atoms with Crippen molar-refractivity contribution in [3.8, 4) is 0 Å². The van der Waals surface area contributed by atoms with E-state index in [1.54, 1.807) is 0 Å². The van der Waals surface area contributed by atoms with E-state index in [9.17, 15) is 0 Å². The van der Waals surface area contributed by atoms with E-state index in [2.05, 4.69) is 49.9 Å². The van der Waals surface area contributed by atoms with Crippen LogP contribution in [0, 0.1) is 0 Å². The first-order valence-electron chi connectivity index (χ1n) is 6.65. The lowest BCUT2D eigenvalue weighted by Gasteiger charge is -2.35. The third-order valence-electron chi connectivity index (χ3n) is 3.12. The van der Waals surface area contributed by atoms with Gasteiger partial charge in [0.25, 0.3) is 0 Å². The van der Waals surface area contributed by atoms with E-state index in [1.165, 1.54) is 5.56 Å². The number of thiocarbonyl (C=S) groups is 1. The molecule has 0 amide bonds. The van der Waals surface area contributed by atoms with Crippen LogP contribution >= 0.6 is 12.2 Å². The quantitative estimate of drug-likeness (QED) is 0.764.